The lowest BCUT2D eigenvalue weighted by atomic mass is 10.1. The van der Waals surface area contributed by atoms with Gasteiger partial charge in [0.05, 0.1) is 12.1 Å². The lowest BCUT2D eigenvalue weighted by Crippen LogP contribution is -2.37. The van der Waals surface area contributed by atoms with E-state index in [1.165, 1.54) is 11.8 Å². The first-order valence-corrected chi connectivity index (χ1v) is 3.62. The van der Waals surface area contributed by atoms with Crippen LogP contribution in [0.3, 0.4) is 0 Å². The highest BCUT2D eigenvalue weighted by Crippen LogP contribution is 2.21. The van der Waals surface area contributed by atoms with Gasteiger partial charge < -0.3 is 10.2 Å². The molecule has 1 rings (SSSR count). The molecule has 0 aromatic rings. The number of nitrogens with zero attached hydrogens (tertiary/aromatic N) is 1. The van der Waals surface area contributed by atoms with E-state index in [1.54, 1.807) is 7.05 Å². The summed E-state index contributed by atoms with van der Waals surface area (Å²) in [5.41, 5.74) is 0. The predicted molar refractivity (Wildman–Crippen MR) is 38.9 cm³/mol. The third-order valence-corrected chi connectivity index (χ3v) is 2.19. The van der Waals surface area contributed by atoms with Crippen LogP contribution in [0.5, 0.6) is 0 Å². The molecular weight excluding hydrogens is 146 g/mol. The van der Waals surface area contributed by atoms with E-state index in [1.807, 2.05) is 0 Å². The maximum absolute atomic E-state index is 10.9. The Kier molecular flexibility index (Phi) is 2.27. The van der Waals surface area contributed by atoms with Crippen LogP contribution in [0.2, 0.25) is 0 Å². The Hall–Kier alpha value is -0.450. The standard InChI is InChI=1S/C7H13NO3/c1-4(9)5-3-6(10)7(11)8(5)2/h5-7,10-11H,3H2,1-2H3. The third-order valence-electron chi connectivity index (χ3n) is 2.19. The van der Waals surface area contributed by atoms with Crippen LogP contribution in [0.25, 0.3) is 0 Å². The third kappa shape index (κ3) is 1.42. The summed E-state index contributed by atoms with van der Waals surface area (Å²) in [5, 5.41) is 18.4. The highest BCUT2D eigenvalue weighted by Gasteiger charge is 2.38. The Morgan fingerprint density at radius 1 is 1.55 bits per heavy atom. The van der Waals surface area contributed by atoms with Gasteiger partial charge in [0.2, 0.25) is 0 Å². The van der Waals surface area contributed by atoms with E-state index in [2.05, 4.69) is 0 Å². The maximum Gasteiger partial charge on any atom is 0.147 e. The minimum Gasteiger partial charge on any atom is -0.389 e. The summed E-state index contributed by atoms with van der Waals surface area (Å²) in [5.74, 6) is -0.0110. The van der Waals surface area contributed by atoms with Crippen LogP contribution < -0.4 is 0 Å². The first kappa shape index (κ1) is 8.64. The summed E-state index contributed by atoms with van der Waals surface area (Å²) in [6.07, 6.45) is -1.33. The molecule has 0 aromatic heterocycles. The molecule has 11 heavy (non-hydrogen) atoms. The number of ketones is 1. The smallest absolute Gasteiger partial charge is 0.147 e. The second-order valence-electron chi connectivity index (χ2n) is 3.01. The van der Waals surface area contributed by atoms with E-state index >= 15 is 0 Å². The zero-order valence-corrected chi connectivity index (χ0v) is 6.69. The molecule has 0 aromatic carbocycles. The summed E-state index contributed by atoms with van der Waals surface area (Å²) < 4.78 is 0. The van der Waals surface area contributed by atoms with Crippen LogP contribution in [0.4, 0.5) is 0 Å². The fraction of sp³-hybridized carbons (Fsp3) is 0.857. The second kappa shape index (κ2) is 2.89. The number of carbonyl (C=O) groups is 1. The molecule has 0 radical (unpaired) electrons. The molecule has 2 N–H and O–H groups in total. The van der Waals surface area contributed by atoms with Gasteiger partial charge in [0.1, 0.15) is 12.0 Å². The van der Waals surface area contributed by atoms with Gasteiger partial charge in [-0.15, -0.1) is 0 Å². The Morgan fingerprint density at radius 3 is 2.27 bits per heavy atom. The van der Waals surface area contributed by atoms with Crippen molar-refractivity contribution in [3.63, 3.8) is 0 Å². The molecule has 1 aliphatic heterocycles. The number of hydrogen-bond donors (Lipinski definition) is 2. The van der Waals surface area contributed by atoms with Gasteiger partial charge in [0, 0.05) is 0 Å². The van der Waals surface area contributed by atoms with Crippen LogP contribution in [-0.2, 0) is 4.79 Å². The number of likely N-dealkylation sites (N-methyl/N-ethyl adjacent to an activating group) is 1. The zero-order chi connectivity index (χ0) is 8.59. The van der Waals surface area contributed by atoms with Crippen molar-refractivity contribution in [2.24, 2.45) is 0 Å². The minimum absolute atomic E-state index is 0.0110. The highest BCUT2D eigenvalue weighted by molar-refractivity contribution is 5.81. The summed E-state index contributed by atoms with van der Waals surface area (Å²) in [6.45, 7) is 1.46. The first-order chi connectivity index (χ1) is 5.04. The molecule has 1 heterocycles. The second-order valence-corrected chi connectivity index (χ2v) is 3.01. The van der Waals surface area contributed by atoms with Gasteiger partial charge >= 0.3 is 0 Å². The van der Waals surface area contributed by atoms with Gasteiger partial charge in [0.15, 0.2) is 0 Å². The average Bonchev–Trinajstić information content (AvgIpc) is 2.17. The van der Waals surface area contributed by atoms with Crippen molar-refractivity contribution in [3.05, 3.63) is 0 Å². The van der Waals surface area contributed by atoms with Crippen molar-refractivity contribution in [1.82, 2.24) is 4.90 Å². The van der Waals surface area contributed by atoms with Gasteiger partial charge in [-0.1, -0.05) is 0 Å². The number of likely N-dealkylation sites (tertiary alicyclic amines) is 1. The number of aliphatic hydroxyl groups is 2. The Labute approximate surface area is 65.4 Å². The molecule has 3 atom stereocenters. The largest absolute Gasteiger partial charge is 0.389 e. The summed E-state index contributed by atoms with van der Waals surface area (Å²) in [4.78, 5) is 12.4. The molecule has 4 heteroatoms. The van der Waals surface area contributed by atoms with Crippen LogP contribution in [0.15, 0.2) is 0 Å². The van der Waals surface area contributed by atoms with Crippen molar-refractivity contribution < 1.29 is 15.0 Å². The van der Waals surface area contributed by atoms with Crippen LogP contribution in [0.1, 0.15) is 13.3 Å². The monoisotopic (exact) mass is 159 g/mol. The van der Waals surface area contributed by atoms with Crippen LogP contribution in [0, 0.1) is 0 Å². The number of hydrogen-bond acceptors (Lipinski definition) is 4. The molecule has 0 bridgehead atoms. The van der Waals surface area contributed by atoms with E-state index in [-0.39, 0.29) is 11.8 Å². The summed E-state index contributed by atoms with van der Waals surface area (Å²) >= 11 is 0. The quantitative estimate of drug-likeness (QED) is 0.513. The normalized spacial score (nSPS) is 39.5. The molecule has 0 aliphatic carbocycles. The van der Waals surface area contributed by atoms with Gasteiger partial charge in [-0.2, -0.15) is 0 Å². The Balaban J connectivity index is 2.67. The number of carbonyl (C=O) groups excluding carboxylic acids is 1. The number of aliphatic hydroxyl groups excluding tert-OH is 2. The minimum atomic E-state index is -0.885. The van der Waals surface area contributed by atoms with Crippen LogP contribution >= 0.6 is 0 Å². The van der Waals surface area contributed by atoms with E-state index in [4.69, 9.17) is 5.11 Å². The number of Topliss-reactive ketones (excluding diaryl/α,β-unsaturated/α-hetero) is 1. The summed E-state index contributed by atoms with van der Waals surface area (Å²) in [6, 6.07) is -0.319. The average molecular weight is 159 g/mol. The molecular formula is C7H13NO3. The molecule has 3 unspecified atom stereocenters. The van der Waals surface area contributed by atoms with Gasteiger partial charge in [-0.25, -0.2) is 0 Å². The van der Waals surface area contributed by atoms with Crippen molar-refractivity contribution >= 4 is 5.78 Å². The van der Waals surface area contributed by atoms with Crippen molar-refractivity contribution in [1.29, 1.82) is 0 Å². The topological polar surface area (TPSA) is 60.8 Å². The van der Waals surface area contributed by atoms with Gasteiger partial charge in [-0.05, 0) is 20.4 Å². The number of rotatable bonds is 1. The SMILES string of the molecule is CC(=O)C1CC(O)C(O)N1C. The molecule has 1 fully saturated rings. The van der Waals surface area contributed by atoms with Crippen LogP contribution in [-0.4, -0.2) is 46.3 Å². The van der Waals surface area contributed by atoms with E-state index in [0.717, 1.165) is 0 Å². The molecule has 0 saturated carbocycles. The van der Waals surface area contributed by atoms with Crippen molar-refractivity contribution in [2.75, 3.05) is 7.05 Å². The van der Waals surface area contributed by atoms with E-state index in [9.17, 15) is 9.90 Å². The molecule has 1 aliphatic rings. The lowest BCUT2D eigenvalue weighted by molar-refractivity contribution is -0.122. The molecule has 0 amide bonds. The maximum atomic E-state index is 10.9. The predicted octanol–water partition coefficient (Wildman–Crippen LogP) is -1.04. The molecule has 4 nitrogen and oxygen atoms in total. The van der Waals surface area contributed by atoms with Crippen molar-refractivity contribution in [3.8, 4) is 0 Å². The van der Waals surface area contributed by atoms with E-state index < -0.39 is 12.3 Å². The fourth-order valence-electron chi connectivity index (χ4n) is 1.43. The summed E-state index contributed by atoms with van der Waals surface area (Å²) in [7, 11) is 1.63. The lowest BCUT2D eigenvalue weighted by Gasteiger charge is -2.19. The van der Waals surface area contributed by atoms with Gasteiger partial charge in [-0.3, -0.25) is 9.69 Å². The first-order valence-electron chi connectivity index (χ1n) is 3.62. The molecule has 1 saturated heterocycles. The highest BCUT2D eigenvalue weighted by atomic mass is 16.3. The molecule has 0 spiro atoms. The van der Waals surface area contributed by atoms with Crippen molar-refractivity contribution in [2.45, 2.75) is 31.7 Å². The Bertz CT molecular complexity index is 171. The van der Waals surface area contributed by atoms with E-state index in [0.29, 0.717) is 6.42 Å². The molecule has 64 valence electrons. The van der Waals surface area contributed by atoms with Gasteiger partial charge in [0.25, 0.3) is 0 Å². The fourth-order valence-corrected chi connectivity index (χ4v) is 1.43. The zero-order valence-electron chi connectivity index (χ0n) is 6.69. The Morgan fingerprint density at radius 2 is 2.09 bits per heavy atom.